The molecule has 1 aromatic heterocycles. The van der Waals surface area contributed by atoms with Crippen molar-refractivity contribution in [3.63, 3.8) is 0 Å². The first-order chi connectivity index (χ1) is 9.20. The summed E-state index contributed by atoms with van der Waals surface area (Å²) in [6.07, 6.45) is 1.66. The maximum Gasteiger partial charge on any atom is 0.234 e. The lowest BCUT2D eigenvalue weighted by molar-refractivity contribution is -0.120. The van der Waals surface area contributed by atoms with E-state index in [1.165, 1.54) is 0 Å². The molecule has 1 aromatic carbocycles. The van der Waals surface area contributed by atoms with E-state index in [0.29, 0.717) is 0 Å². The number of nitrogens with zero attached hydrogens (tertiary/aromatic N) is 1. The summed E-state index contributed by atoms with van der Waals surface area (Å²) in [6.45, 7) is -0.0819. The van der Waals surface area contributed by atoms with E-state index in [2.05, 4.69) is 10.3 Å². The van der Waals surface area contributed by atoms with Gasteiger partial charge in [-0.05, 0) is 29.8 Å². The molecule has 0 aliphatic heterocycles. The number of benzene rings is 1. The van der Waals surface area contributed by atoms with E-state index in [1.807, 2.05) is 18.2 Å². The van der Waals surface area contributed by atoms with Crippen LogP contribution in [0.25, 0.3) is 0 Å². The summed E-state index contributed by atoms with van der Waals surface area (Å²) in [5.41, 5.74) is 6.88. The Morgan fingerprint density at radius 3 is 2.58 bits per heavy atom. The standard InChI is InChI=1S/C14H15N3O2/c15-9-13(19)17-14(12-3-1-2-8-16-12)10-4-6-11(18)7-5-10/h1-8,14,18H,9,15H2,(H,17,19). The average molecular weight is 257 g/mol. The van der Waals surface area contributed by atoms with Crippen LogP contribution in [0.3, 0.4) is 0 Å². The molecule has 2 aromatic rings. The molecule has 0 saturated heterocycles. The highest BCUT2D eigenvalue weighted by molar-refractivity contribution is 5.78. The highest BCUT2D eigenvalue weighted by Crippen LogP contribution is 2.22. The lowest BCUT2D eigenvalue weighted by atomic mass is 10.0. The third kappa shape index (κ3) is 3.29. The lowest BCUT2D eigenvalue weighted by Crippen LogP contribution is -2.34. The molecule has 19 heavy (non-hydrogen) atoms. The van der Waals surface area contributed by atoms with Crippen molar-refractivity contribution in [3.8, 4) is 5.75 Å². The second-order valence-corrected chi connectivity index (χ2v) is 4.05. The summed E-state index contributed by atoms with van der Waals surface area (Å²) in [5.74, 6) is -0.0857. The van der Waals surface area contributed by atoms with Crippen molar-refractivity contribution in [1.82, 2.24) is 10.3 Å². The number of aromatic hydroxyl groups is 1. The molecule has 0 aliphatic carbocycles. The molecule has 0 aliphatic rings. The van der Waals surface area contributed by atoms with E-state index >= 15 is 0 Å². The Labute approximate surface area is 111 Å². The van der Waals surface area contributed by atoms with Gasteiger partial charge in [0.05, 0.1) is 18.3 Å². The molecule has 4 N–H and O–H groups in total. The first-order valence-corrected chi connectivity index (χ1v) is 5.90. The molecular weight excluding hydrogens is 242 g/mol. The number of nitrogens with one attached hydrogen (secondary N) is 1. The number of carbonyl (C=O) groups is 1. The van der Waals surface area contributed by atoms with Gasteiger partial charge >= 0.3 is 0 Å². The van der Waals surface area contributed by atoms with Crippen molar-refractivity contribution in [1.29, 1.82) is 0 Å². The Bertz CT molecular complexity index is 540. The van der Waals surface area contributed by atoms with Gasteiger partial charge in [0.25, 0.3) is 0 Å². The van der Waals surface area contributed by atoms with Gasteiger partial charge in [-0.1, -0.05) is 18.2 Å². The van der Waals surface area contributed by atoms with E-state index in [9.17, 15) is 9.90 Å². The van der Waals surface area contributed by atoms with Gasteiger partial charge in [0, 0.05) is 6.20 Å². The van der Waals surface area contributed by atoms with Gasteiger partial charge in [-0.2, -0.15) is 0 Å². The van der Waals surface area contributed by atoms with Crippen molar-refractivity contribution in [2.45, 2.75) is 6.04 Å². The van der Waals surface area contributed by atoms with Crippen LogP contribution in [0.5, 0.6) is 5.75 Å². The number of hydrogen-bond acceptors (Lipinski definition) is 4. The molecular formula is C14H15N3O2. The SMILES string of the molecule is NCC(=O)NC(c1ccc(O)cc1)c1ccccn1. The number of phenols is 1. The van der Waals surface area contributed by atoms with Crippen LogP contribution in [-0.2, 0) is 4.79 Å². The van der Waals surface area contributed by atoms with Crippen molar-refractivity contribution in [3.05, 3.63) is 59.9 Å². The minimum Gasteiger partial charge on any atom is -0.508 e. The van der Waals surface area contributed by atoms with Crippen LogP contribution in [0.1, 0.15) is 17.3 Å². The van der Waals surface area contributed by atoms with E-state index in [1.54, 1.807) is 30.5 Å². The van der Waals surface area contributed by atoms with Gasteiger partial charge in [0.2, 0.25) is 5.91 Å². The lowest BCUT2D eigenvalue weighted by Gasteiger charge is -2.18. The Hall–Kier alpha value is -2.40. The molecule has 0 fully saturated rings. The van der Waals surface area contributed by atoms with E-state index < -0.39 is 0 Å². The molecule has 1 amide bonds. The van der Waals surface area contributed by atoms with Crippen LogP contribution < -0.4 is 11.1 Å². The van der Waals surface area contributed by atoms with Crippen molar-refractivity contribution in [2.24, 2.45) is 5.73 Å². The van der Waals surface area contributed by atoms with Gasteiger partial charge in [-0.15, -0.1) is 0 Å². The van der Waals surface area contributed by atoms with Gasteiger partial charge in [-0.3, -0.25) is 9.78 Å². The highest BCUT2D eigenvalue weighted by atomic mass is 16.3. The topological polar surface area (TPSA) is 88.2 Å². The smallest absolute Gasteiger partial charge is 0.234 e. The third-order valence-electron chi connectivity index (χ3n) is 2.70. The largest absolute Gasteiger partial charge is 0.508 e. The fraction of sp³-hybridized carbons (Fsp3) is 0.143. The summed E-state index contributed by atoms with van der Waals surface area (Å²) < 4.78 is 0. The zero-order valence-corrected chi connectivity index (χ0v) is 10.3. The van der Waals surface area contributed by atoms with Gasteiger partial charge in [0.15, 0.2) is 0 Å². The summed E-state index contributed by atoms with van der Waals surface area (Å²) in [4.78, 5) is 15.8. The summed E-state index contributed by atoms with van der Waals surface area (Å²) in [5, 5.41) is 12.1. The number of rotatable bonds is 4. The first kappa shape index (κ1) is 13.0. The molecule has 2 rings (SSSR count). The molecule has 5 heteroatoms. The summed E-state index contributed by atoms with van der Waals surface area (Å²) in [6, 6.07) is 11.7. The molecule has 98 valence electrons. The zero-order valence-electron chi connectivity index (χ0n) is 10.3. The number of phenolic OH excluding ortho intramolecular Hbond substituents is 1. The number of pyridine rings is 1. The number of carbonyl (C=O) groups excluding carboxylic acids is 1. The third-order valence-corrected chi connectivity index (χ3v) is 2.70. The van der Waals surface area contributed by atoms with Crippen LogP contribution in [0, 0.1) is 0 Å². The first-order valence-electron chi connectivity index (χ1n) is 5.90. The van der Waals surface area contributed by atoms with Crippen molar-refractivity contribution >= 4 is 5.91 Å². The Morgan fingerprint density at radius 2 is 2.00 bits per heavy atom. The normalized spacial score (nSPS) is 11.8. The summed E-state index contributed by atoms with van der Waals surface area (Å²) in [7, 11) is 0. The molecule has 5 nitrogen and oxygen atoms in total. The fourth-order valence-corrected chi connectivity index (χ4v) is 1.76. The monoisotopic (exact) mass is 257 g/mol. The molecule has 1 heterocycles. The van der Waals surface area contributed by atoms with Crippen LogP contribution >= 0.6 is 0 Å². The predicted octanol–water partition coefficient (Wildman–Crippen LogP) is 0.951. The quantitative estimate of drug-likeness (QED) is 0.761. The number of aromatic nitrogens is 1. The predicted molar refractivity (Wildman–Crippen MR) is 71.4 cm³/mol. The highest BCUT2D eigenvalue weighted by Gasteiger charge is 2.17. The van der Waals surface area contributed by atoms with Crippen molar-refractivity contribution < 1.29 is 9.90 Å². The molecule has 0 saturated carbocycles. The van der Waals surface area contributed by atoms with Gasteiger partial charge in [0.1, 0.15) is 5.75 Å². The van der Waals surface area contributed by atoms with E-state index in [0.717, 1.165) is 11.3 Å². The fourth-order valence-electron chi connectivity index (χ4n) is 1.76. The Kier molecular flexibility index (Phi) is 4.10. The minimum absolute atomic E-state index is 0.0819. The van der Waals surface area contributed by atoms with Gasteiger partial charge in [-0.25, -0.2) is 0 Å². The van der Waals surface area contributed by atoms with Gasteiger partial charge < -0.3 is 16.2 Å². The Morgan fingerprint density at radius 1 is 1.26 bits per heavy atom. The van der Waals surface area contributed by atoms with Crippen LogP contribution in [0.4, 0.5) is 0 Å². The van der Waals surface area contributed by atoms with E-state index in [-0.39, 0.29) is 24.2 Å². The number of amides is 1. The average Bonchev–Trinajstić information content (AvgIpc) is 2.46. The van der Waals surface area contributed by atoms with E-state index in [4.69, 9.17) is 5.73 Å². The zero-order chi connectivity index (χ0) is 13.7. The second-order valence-electron chi connectivity index (χ2n) is 4.05. The van der Waals surface area contributed by atoms with Crippen LogP contribution in [0.15, 0.2) is 48.7 Å². The second kappa shape index (κ2) is 5.97. The maximum atomic E-state index is 11.5. The van der Waals surface area contributed by atoms with Crippen molar-refractivity contribution in [2.75, 3.05) is 6.54 Å². The molecule has 0 bridgehead atoms. The minimum atomic E-state index is -0.377. The maximum absolute atomic E-state index is 11.5. The summed E-state index contributed by atoms with van der Waals surface area (Å²) >= 11 is 0. The molecule has 0 radical (unpaired) electrons. The number of hydrogen-bond donors (Lipinski definition) is 3. The molecule has 1 atom stereocenters. The van der Waals surface area contributed by atoms with Crippen LogP contribution in [-0.4, -0.2) is 22.5 Å². The van der Waals surface area contributed by atoms with Crippen LogP contribution in [0.2, 0.25) is 0 Å². The molecule has 1 unspecified atom stereocenters. The molecule has 0 spiro atoms. The Balaban J connectivity index is 2.34. The number of nitrogens with two attached hydrogens (primary N) is 1.